The van der Waals surface area contributed by atoms with E-state index in [0.717, 1.165) is 0 Å². The van der Waals surface area contributed by atoms with Crippen LogP contribution in [0, 0.1) is 10.1 Å². The number of nitrogens with one attached hydrogen (secondary N) is 2. The second-order valence-corrected chi connectivity index (χ2v) is 7.14. The van der Waals surface area contributed by atoms with Gasteiger partial charge in [0, 0.05) is 42.6 Å². The number of rotatable bonds is 9. The van der Waals surface area contributed by atoms with E-state index in [2.05, 4.69) is 15.6 Å². The van der Waals surface area contributed by atoms with Crippen molar-refractivity contribution in [1.29, 1.82) is 0 Å². The van der Waals surface area contributed by atoms with Crippen LogP contribution in [0.5, 0.6) is 0 Å². The maximum absolute atomic E-state index is 12.0. The number of hydrogen-bond acceptors (Lipinski definition) is 6. The van der Waals surface area contributed by atoms with Gasteiger partial charge in [-0.15, -0.1) is 0 Å². The van der Waals surface area contributed by atoms with E-state index in [0.29, 0.717) is 52.5 Å². The molecule has 0 aliphatic heterocycles. The lowest BCUT2D eigenvalue weighted by molar-refractivity contribution is -0.384. The van der Waals surface area contributed by atoms with Crippen molar-refractivity contribution in [2.45, 2.75) is 12.8 Å². The molecule has 0 fully saturated rings. The third kappa shape index (κ3) is 5.71. The highest BCUT2D eigenvalue weighted by molar-refractivity contribution is 6.36. The van der Waals surface area contributed by atoms with E-state index in [1.54, 1.807) is 42.6 Å². The molecule has 2 aromatic carbocycles. The molecule has 0 aliphatic carbocycles. The van der Waals surface area contributed by atoms with Crippen molar-refractivity contribution in [3.8, 4) is 11.3 Å². The number of nitro groups is 1. The highest BCUT2D eigenvalue weighted by atomic mass is 35.5. The Balaban J connectivity index is 1.43. The van der Waals surface area contributed by atoms with Crippen molar-refractivity contribution in [2.24, 2.45) is 0 Å². The SMILES string of the molecule is O=C(CCc1ncc(-c2ccc(Cl)cc2Cl)o1)NCCNc1ccccc1[N+](=O)[O-]. The van der Waals surface area contributed by atoms with E-state index < -0.39 is 4.92 Å². The number of carbonyl (C=O) groups is 1. The lowest BCUT2D eigenvalue weighted by Gasteiger charge is -2.08. The lowest BCUT2D eigenvalue weighted by Crippen LogP contribution is -2.29. The van der Waals surface area contributed by atoms with E-state index in [1.165, 1.54) is 6.07 Å². The second-order valence-electron chi connectivity index (χ2n) is 6.29. The monoisotopic (exact) mass is 448 g/mol. The van der Waals surface area contributed by atoms with Gasteiger partial charge >= 0.3 is 0 Å². The second kappa shape index (κ2) is 10.1. The van der Waals surface area contributed by atoms with Gasteiger partial charge in [0.05, 0.1) is 16.1 Å². The van der Waals surface area contributed by atoms with Gasteiger partial charge < -0.3 is 15.1 Å². The van der Waals surface area contributed by atoms with Crippen LogP contribution in [-0.2, 0) is 11.2 Å². The molecule has 8 nitrogen and oxygen atoms in total. The first-order valence-electron chi connectivity index (χ1n) is 9.08. The van der Waals surface area contributed by atoms with Crippen LogP contribution >= 0.6 is 23.2 Å². The van der Waals surface area contributed by atoms with E-state index in [4.69, 9.17) is 27.6 Å². The molecule has 156 valence electrons. The van der Waals surface area contributed by atoms with Crippen LogP contribution in [0.1, 0.15) is 12.3 Å². The van der Waals surface area contributed by atoms with Crippen molar-refractivity contribution in [1.82, 2.24) is 10.3 Å². The number of aryl methyl sites for hydroxylation is 1. The van der Waals surface area contributed by atoms with Gasteiger partial charge in [0.15, 0.2) is 11.7 Å². The predicted molar refractivity (Wildman–Crippen MR) is 115 cm³/mol. The first kappa shape index (κ1) is 21.6. The van der Waals surface area contributed by atoms with E-state index >= 15 is 0 Å². The van der Waals surface area contributed by atoms with Gasteiger partial charge in [-0.1, -0.05) is 35.3 Å². The van der Waals surface area contributed by atoms with Crippen LogP contribution in [0.4, 0.5) is 11.4 Å². The molecule has 0 radical (unpaired) electrons. The Kier molecular flexibility index (Phi) is 7.26. The molecule has 2 N–H and O–H groups in total. The molecule has 0 saturated carbocycles. The Bertz CT molecular complexity index is 1050. The highest BCUT2D eigenvalue weighted by Crippen LogP contribution is 2.30. The molecule has 30 heavy (non-hydrogen) atoms. The number of oxazole rings is 1. The number of para-hydroxylation sites is 2. The zero-order valence-corrected chi connectivity index (χ0v) is 17.2. The van der Waals surface area contributed by atoms with Crippen LogP contribution in [0.15, 0.2) is 53.1 Å². The van der Waals surface area contributed by atoms with Crippen molar-refractivity contribution in [2.75, 3.05) is 18.4 Å². The molecule has 0 spiro atoms. The van der Waals surface area contributed by atoms with Gasteiger partial charge in [-0.3, -0.25) is 14.9 Å². The molecule has 1 heterocycles. The number of nitro benzene ring substituents is 1. The third-order valence-corrected chi connectivity index (χ3v) is 4.73. The van der Waals surface area contributed by atoms with E-state index in [-0.39, 0.29) is 18.0 Å². The number of hydrogen-bond donors (Lipinski definition) is 2. The molecule has 1 aromatic heterocycles. The molecule has 0 bridgehead atoms. The van der Waals surface area contributed by atoms with Gasteiger partial charge in [0.1, 0.15) is 5.69 Å². The first-order chi connectivity index (χ1) is 14.4. The van der Waals surface area contributed by atoms with Crippen LogP contribution in [0.25, 0.3) is 11.3 Å². The minimum atomic E-state index is -0.456. The van der Waals surface area contributed by atoms with Crippen LogP contribution in [-0.4, -0.2) is 28.9 Å². The molecule has 3 aromatic rings. The quantitative estimate of drug-likeness (QED) is 0.278. The zero-order chi connectivity index (χ0) is 21.5. The molecule has 0 unspecified atom stereocenters. The van der Waals surface area contributed by atoms with Crippen molar-refractivity contribution < 1.29 is 14.1 Å². The number of halogens is 2. The number of amides is 1. The number of nitrogens with zero attached hydrogens (tertiary/aromatic N) is 2. The molecule has 3 rings (SSSR count). The summed E-state index contributed by atoms with van der Waals surface area (Å²) >= 11 is 12.1. The Hall–Kier alpha value is -3.10. The topological polar surface area (TPSA) is 110 Å². The molecule has 0 saturated heterocycles. The molecule has 10 heteroatoms. The summed E-state index contributed by atoms with van der Waals surface area (Å²) in [5.74, 6) is 0.744. The summed E-state index contributed by atoms with van der Waals surface area (Å²) in [5, 5.41) is 17.6. The smallest absolute Gasteiger partial charge is 0.292 e. The van der Waals surface area contributed by atoms with Crippen LogP contribution < -0.4 is 10.6 Å². The van der Waals surface area contributed by atoms with Gasteiger partial charge in [0.25, 0.3) is 5.69 Å². The van der Waals surface area contributed by atoms with Crippen molar-refractivity contribution in [3.05, 3.63) is 74.7 Å². The van der Waals surface area contributed by atoms with E-state index in [9.17, 15) is 14.9 Å². The van der Waals surface area contributed by atoms with Crippen LogP contribution in [0.2, 0.25) is 10.0 Å². The summed E-state index contributed by atoms with van der Waals surface area (Å²) < 4.78 is 5.67. The summed E-state index contributed by atoms with van der Waals surface area (Å²) in [6.45, 7) is 0.677. The van der Waals surface area contributed by atoms with Gasteiger partial charge in [-0.2, -0.15) is 0 Å². The summed E-state index contributed by atoms with van der Waals surface area (Å²) in [7, 11) is 0. The van der Waals surface area contributed by atoms with Crippen molar-refractivity contribution in [3.63, 3.8) is 0 Å². The minimum Gasteiger partial charge on any atom is -0.441 e. The number of benzene rings is 2. The van der Waals surface area contributed by atoms with Gasteiger partial charge in [-0.05, 0) is 24.3 Å². The fourth-order valence-electron chi connectivity index (χ4n) is 2.73. The van der Waals surface area contributed by atoms with E-state index in [1.807, 2.05) is 0 Å². The Morgan fingerprint density at radius 3 is 2.73 bits per heavy atom. The fraction of sp³-hybridized carbons (Fsp3) is 0.200. The van der Waals surface area contributed by atoms with Crippen molar-refractivity contribution >= 4 is 40.5 Å². The predicted octanol–water partition coefficient (Wildman–Crippen LogP) is 4.72. The average Bonchev–Trinajstić information content (AvgIpc) is 3.18. The maximum atomic E-state index is 12.0. The summed E-state index contributed by atoms with van der Waals surface area (Å²) in [6, 6.07) is 11.4. The Morgan fingerprint density at radius 1 is 1.17 bits per heavy atom. The molecule has 0 aliphatic rings. The maximum Gasteiger partial charge on any atom is 0.292 e. The Labute approximate surface area is 182 Å². The molecular formula is C20H18Cl2N4O4. The van der Waals surface area contributed by atoms with Gasteiger partial charge in [0.2, 0.25) is 5.91 Å². The summed E-state index contributed by atoms with van der Waals surface area (Å²) in [4.78, 5) is 26.7. The zero-order valence-electron chi connectivity index (χ0n) is 15.7. The largest absolute Gasteiger partial charge is 0.441 e. The number of anilines is 1. The standard InChI is InChI=1S/C20H18Cl2N4O4/c21-13-5-6-14(15(22)11-13)18-12-25-20(30-18)8-7-19(27)24-10-9-23-16-3-1-2-4-17(16)26(28)29/h1-6,11-12,23H,7-10H2,(H,24,27). The normalized spacial score (nSPS) is 10.6. The molecule has 1 amide bonds. The number of carbonyl (C=O) groups excluding carboxylic acids is 1. The van der Waals surface area contributed by atoms with Gasteiger partial charge in [-0.25, -0.2) is 4.98 Å². The molecular weight excluding hydrogens is 431 g/mol. The summed E-state index contributed by atoms with van der Waals surface area (Å²) in [6.07, 6.45) is 2.08. The average molecular weight is 449 g/mol. The minimum absolute atomic E-state index is 0.00989. The fourth-order valence-corrected chi connectivity index (χ4v) is 3.23. The van der Waals surface area contributed by atoms with Crippen LogP contribution in [0.3, 0.4) is 0 Å². The lowest BCUT2D eigenvalue weighted by atomic mass is 10.2. The Morgan fingerprint density at radius 2 is 1.97 bits per heavy atom. The first-order valence-corrected chi connectivity index (χ1v) is 9.84. The third-order valence-electron chi connectivity index (χ3n) is 4.18. The highest BCUT2D eigenvalue weighted by Gasteiger charge is 2.13. The summed E-state index contributed by atoms with van der Waals surface area (Å²) in [5.41, 5.74) is 1.07. The molecule has 0 atom stereocenters. The number of aromatic nitrogens is 1.